The summed E-state index contributed by atoms with van der Waals surface area (Å²) in [4.78, 5) is 24.4. The Balaban J connectivity index is 1.34. The van der Waals surface area contributed by atoms with Crippen molar-refractivity contribution in [3.8, 4) is 11.5 Å². The van der Waals surface area contributed by atoms with Crippen LogP contribution in [0.2, 0.25) is 0 Å². The maximum absolute atomic E-state index is 12.9. The van der Waals surface area contributed by atoms with Gasteiger partial charge in [0, 0.05) is 44.0 Å². The van der Waals surface area contributed by atoms with Gasteiger partial charge in [-0.2, -0.15) is 4.31 Å². The molecule has 1 N–H and O–H groups in total. The minimum Gasteiger partial charge on any atom is -0.454 e. The summed E-state index contributed by atoms with van der Waals surface area (Å²) in [6.45, 7) is 1.15. The summed E-state index contributed by atoms with van der Waals surface area (Å²) in [6.07, 6.45) is 0. The van der Waals surface area contributed by atoms with E-state index in [1.165, 1.54) is 28.6 Å². The van der Waals surface area contributed by atoms with Gasteiger partial charge in [0.15, 0.2) is 16.4 Å². The maximum Gasteiger partial charge on any atom is 0.289 e. The number of piperazine rings is 1. The van der Waals surface area contributed by atoms with E-state index in [-0.39, 0.29) is 37.2 Å². The van der Waals surface area contributed by atoms with Gasteiger partial charge in [-0.25, -0.2) is 8.42 Å². The Kier molecular flexibility index (Phi) is 5.76. The third-order valence-electron chi connectivity index (χ3n) is 5.03. The van der Waals surface area contributed by atoms with E-state index < -0.39 is 20.6 Å². The number of carbonyl (C=O) groups is 1. The fourth-order valence-corrected chi connectivity index (χ4v) is 5.05. The summed E-state index contributed by atoms with van der Waals surface area (Å²) in [7, 11) is -4.01. The van der Waals surface area contributed by atoms with Crippen molar-refractivity contribution < 1.29 is 27.6 Å². The fourth-order valence-electron chi connectivity index (χ4n) is 3.47. The molecule has 1 saturated heterocycles. The van der Waals surface area contributed by atoms with Crippen LogP contribution in [-0.4, -0.2) is 68.0 Å². The van der Waals surface area contributed by atoms with Gasteiger partial charge in [0.25, 0.3) is 5.69 Å². The molecular weight excluding hydrogens is 428 g/mol. The van der Waals surface area contributed by atoms with Crippen molar-refractivity contribution in [1.82, 2.24) is 9.21 Å². The Morgan fingerprint density at radius 2 is 1.77 bits per heavy atom. The molecule has 11 nitrogen and oxygen atoms in total. The van der Waals surface area contributed by atoms with E-state index in [0.29, 0.717) is 30.3 Å². The minimum absolute atomic E-state index is 0.0911. The smallest absolute Gasteiger partial charge is 0.289 e. The van der Waals surface area contributed by atoms with Crippen molar-refractivity contribution in [3.05, 3.63) is 52.6 Å². The van der Waals surface area contributed by atoms with E-state index in [1.807, 2.05) is 4.90 Å². The van der Waals surface area contributed by atoms with E-state index in [2.05, 4.69) is 5.32 Å². The van der Waals surface area contributed by atoms with Crippen LogP contribution < -0.4 is 14.8 Å². The number of amides is 1. The third kappa shape index (κ3) is 4.45. The standard InChI is InChI=1S/C19H20N4O7S/c24-19(20-14-5-6-16-17(11-14)30-13-29-16)12-21-7-9-22(10-8-21)31(27,28)18-4-2-1-3-15(18)23(25)26/h1-6,11H,7-10,12-13H2,(H,20,24). The number of ether oxygens (including phenoxy) is 2. The summed E-state index contributed by atoms with van der Waals surface area (Å²) in [6, 6.07) is 10.4. The van der Waals surface area contributed by atoms with Gasteiger partial charge in [-0.1, -0.05) is 12.1 Å². The van der Waals surface area contributed by atoms with Crippen molar-refractivity contribution >= 4 is 27.3 Å². The second-order valence-corrected chi connectivity index (χ2v) is 8.93. The van der Waals surface area contributed by atoms with E-state index >= 15 is 0 Å². The van der Waals surface area contributed by atoms with Crippen molar-refractivity contribution in [2.45, 2.75) is 4.90 Å². The number of benzene rings is 2. The normalized spacial score (nSPS) is 16.8. The van der Waals surface area contributed by atoms with Crippen LogP contribution in [0.25, 0.3) is 0 Å². The van der Waals surface area contributed by atoms with Crippen molar-refractivity contribution in [1.29, 1.82) is 0 Å². The Morgan fingerprint density at radius 3 is 2.52 bits per heavy atom. The highest BCUT2D eigenvalue weighted by Crippen LogP contribution is 2.34. The SMILES string of the molecule is O=C(CN1CCN(S(=O)(=O)c2ccccc2[N+](=O)[O-])CC1)Nc1ccc2c(c1)OCO2. The van der Waals surface area contributed by atoms with Gasteiger partial charge in [0.05, 0.1) is 11.5 Å². The molecule has 2 heterocycles. The van der Waals surface area contributed by atoms with E-state index in [0.717, 1.165) is 0 Å². The number of anilines is 1. The van der Waals surface area contributed by atoms with Crippen molar-refractivity contribution in [2.75, 3.05) is 44.8 Å². The molecule has 4 rings (SSSR count). The van der Waals surface area contributed by atoms with Gasteiger partial charge >= 0.3 is 0 Å². The van der Waals surface area contributed by atoms with Gasteiger partial charge in [-0.15, -0.1) is 0 Å². The number of hydrogen-bond donors (Lipinski definition) is 1. The molecule has 0 atom stereocenters. The lowest BCUT2D eigenvalue weighted by atomic mass is 10.2. The number of nitro groups is 1. The number of nitrogens with zero attached hydrogens (tertiary/aromatic N) is 3. The van der Waals surface area contributed by atoms with Crippen LogP contribution in [0, 0.1) is 10.1 Å². The molecule has 2 aromatic carbocycles. The molecule has 0 spiro atoms. The van der Waals surface area contributed by atoms with E-state index in [4.69, 9.17) is 9.47 Å². The zero-order chi connectivity index (χ0) is 22.0. The van der Waals surface area contributed by atoms with Crippen LogP contribution in [0.5, 0.6) is 11.5 Å². The molecule has 31 heavy (non-hydrogen) atoms. The Hall–Kier alpha value is -3.22. The van der Waals surface area contributed by atoms with Crippen molar-refractivity contribution in [3.63, 3.8) is 0 Å². The average molecular weight is 448 g/mol. The summed E-state index contributed by atoms with van der Waals surface area (Å²) < 4.78 is 37.5. The molecule has 2 aliphatic rings. The number of nitrogens with one attached hydrogen (secondary N) is 1. The van der Waals surface area contributed by atoms with Gasteiger partial charge in [-0.05, 0) is 18.2 Å². The van der Waals surface area contributed by atoms with Crippen LogP contribution in [-0.2, 0) is 14.8 Å². The second-order valence-electron chi connectivity index (χ2n) is 7.02. The Bertz CT molecular complexity index is 1110. The molecule has 0 bridgehead atoms. The highest BCUT2D eigenvalue weighted by atomic mass is 32.2. The highest BCUT2D eigenvalue weighted by Gasteiger charge is 2.33. The molecule has 0 aromatic heterocycles. The molecule has 0 aliphatic carbocycles. The first-order valence-corrected chi connectivity index (χ1v) is 10.9. The number of fused-ring (bicyclic) bond motifs is 1. The summed E-state index contributed by atoms with van der Waals surface area (Å²) in [5.74, 6) is 0.939. The lowest BCUT2D eigenvalue weighted by molar-refractivity contribution is -0.387. The molecule has 1 fully saturated rings. The number of rotatable bonds is 6. The molecule has 1 amide bonds. The lowest BCUT2D eigenvalue weighted by Crippen LogP contribution is -2.50. The molecule has 0 radical (unpaired) electrons. The van der Waals surface area contributed by atoms with Crippen molar-refractivity contribution in [2.24, 2.45) is 0 Å². The van der Waals surface area contributed by atoms with Gasteiger partial charge in [0.1, 0.15) is 0 Å². The first-order chi connectivity index (χ1) is 14.8. The first kappa shape index (κ1) is 21.0. The fraction of sp³-hybridized carbons (Fsp3) is 0.316. The van der Waals surface area contributed by atoms with E-state index in [1.54, 1.807) is 18.2 Å². The molecule has 12 heteroatoms. The van der Waals surface area contributed by atoms with Crippen LogP contribution in [0.15, 0.2) is 47.4 Å². The number of sulfonamides is 1. The molecule has 2 aliphatic heterocycles. The topological polar surface area (TPSA) is 131 Å². The Morgan fingerprint density at radius 1 is 1.06 bits per heavy atom. The summed E-state index contributed by atoms with van der Waals surface area (Å²) in [5.41, 5.74) is 0.125. The van der Waals surface area contributed by atoms with E-state index in [9.17, 15) is 23.3 Å². The number of hydrogen-bond acceptors (Lipinski definition) is 8. The largest absolute Gasteiger partial charge is 0.454 e. The Labute approximate surface area is 178 Å². The minimum atomic E-state index is -4.01. The maximum atomic E-state index is 12.9. The molecule has 164 valence electrons. The molecular formula is C19H20N4O7S. The molecule has 2 aromatic rings. The zero-order valence-electron chi connectivity index (χ0n) is 16.4. The number of nitro benzene ring substituents is 1. The predicted molar refractivity (Wildman–Crippen MR) is 109 cm³/mol. The third-order valence-corrected chi connectivity index (χ3v) is 6.98. The second kappa shape index (κ2) is 8.49. The first-order valence-electron chi connectivity index (χ1n) is 9.50. The van der Waals surface area contributed by atoms with Gasteiger partial charge in [-0.3, -0.25) is 19.8 Å². The number of para-hydroxylation sites is 1. The van der Waals surface area contributed by atoms with Crippen LogP contribution >= 0.6 is 0 Å². The van der Waals surface area contributed by atoms with Crippen LogP contribution in [0.4, 0.5) is 11.4 Å². The van der Waals surface area contributed by atoms with Gasteiger partial charge < -0.3 is 14.8 Å². The monoisotopic (exact) mass is 448 g/mol. The predicted octanol–water partition coefficient (Wildman–Crippen LogP) is 1.27. The molecule has 0 saturated carbocycles. The summed E-state index contributed by atoms with van der Waals surface area (Å²) in [5, 5.41) is 14.0. The van der Waals surface area contributed by atoms with Crippen LogP contribution in [0.1, 0.15) is 0 Å². The molecule has 0 unspecified atom stereocenters. The lowest BCUT2D eigenvalue weighted by Gasteiger charge is -2.33. The highest BCUT2D eigenvalue weighted by molar-refractivity contribution is 7.89. The quantitative estimate of drug-likeness (QED) is 0.516. The average Bonchev–Trinajstić information content (AvgIpc) is 3.22. The number of carbonyl (C=O) groups excluding carboxylic acids is 1. The van der Waals surface area contributed by atoms with Gasteiger partial charge in [0.2, 0.25) is 22.7 Å². The zero-order valence-corrected chi connectivity index (χ0v) is 17.2. The summed E-state index contributed by atoms with van der Waals surface area (Å²) >= 11 is 0. The van der Waals surface area contributed by atoms with Crippen LogP contribution in [0.3, 0.4) is 0 Å².